The first-order valence-corrected chi connectivity index (χ1v) is 6.41. The van der Waals surface area contributed by atoms with Crippen molar-refractivity contribution in [3.63, 3.8) is 0 Å². The molecule has 2 rings (SSSR count). The fourth-order valence-electron chi connectivity index (χ4n) is 1.65. The van der Waals surface area contributed by atoms with Gasteiger partial charge in [0.2, 0.25) is 11.6 Å². The molecule has 1 aliphatic rings. The number of carbonyl (C=O) groups is 3. The Kier molecular flexibility index (Phi) is 3.83. The summed E-state index contributed by atoms with van der Waals surface area (Å²) in [5, 5.41) is -0.319. The van der Waals surface area contributed by atoms with E-state index in [0.29, 0.717) is 5.56 Å². The standard InChI is InChI=1S/C13H10Cl2N2O3/c1-13(15)10(18)8(14)9(11(13)19)16-17-12(20)7-5-3-2-4-6-7/h2-6,16H,1H3,(H,17,20). The quantitative estimate of drug-likeness (QED) is 0.504. The van der Waals surface area contributed by atoms with Crippen molar-refractivity contribution in [1.82, 2.24) is 10.9 Å². The highest BCUT2D eigenvalue weighted by molar-refractivity contribution is 6.62. The van der Waals surface area contributed by atoms with Crippen molar-refractivity contribution < 1.29 is 14.4 Å². The number of rotatable bonds is 3. The van der Waals surface area contributed by atoms with Crippen LogP contribution in [0.1, 0.15) is 17.3 Å². The molecule has 7 heteroatoms. The van der Waals surface area contributed by atoms with E-state index in [2.05, 4.69) is 10.9 Å². The third kappa shape index (κ3) is 2.42. The van der Waals surface area contributed by atoms with Crippen LogP contribution < -0.4 is 10.9 Å². The lowest BCUT2D eigenvalue weighted by atomic mass is 10.1. The van der Waals surface area contributed by atoms with Crippen LogP contribution in [0.25, 0.3) is 0 Å². The normalized spacial score (nSPS) is 22.1. The summed E-state index contributed by atoms with van der Waals surface area (Å²) >= 11 is 11.6. The lowest BCUT2D eigenvalue weighted by Crippen LogP contribution is -2.41. The van der Waals surface area contributed by atoms with Crippen LogP contribution >= 0.6 is 23.2 Å². The zero-order valence-electron chi connectivity index (χ0n) is 10.4. The van der Waals surface area contributed by atoms with Crippen molar-refractivity contribution in [2.75, 3.05) is 0 Å². The Morgan fingerprint density at radius 1 is 1.15 bits per heavy atom. The van der Waals surface area contributed by atoms with Gasteiger partial charge < -0.3 is 0 Å². The Balaban J connectivity index is 2.11. The number of carbonyl (C=O) groups excluding carboxylic acids is 3. The first kappa shape index (κ1) is 14.6. The van der Waals surface area contributed by atoms with Crippen molar-refractivity contribution in [3.05, 3.63) is 46.6 Å². The van der Waals surface area contributed by atoms with Gasteiger partial charge in [-0.3, -0.25) is 25.2 Å². The van der Waals surface area contributed by atoms with Gasteiger partial charge in [0.05, 0.1) is 0 Å². The van der Waals surface area contributed by atoms with Crippen LogP contribution in [0, 0.1) is 0 Å². The Labute approximate surface area is 124 Å². The van der Waals surface area contributed by atoms with Gasteiger partial charge in [0.15, 0.2) is 4.87 Å². The maximum Gasteiger partial charge on any atom is 0.269 e. The molecule has 0 fully saturated rings. The highest BCUT2D eigenvalue weighted by atomic mass is 35.5. The van der Waals surface area contributed by atoms with Gasteiger partial charge in [-0.2, -0.15) is 0 Å². The Morgan fingerprint density at radius 3 is 2.25 bits per heavy atom. The number of Topliss-reactive ketones (excluding diaryl/α,β-unsaturated/α-hetero) is 2. The summed E-state index contributed by atoms with van der Waals surface area (Å²) in [6, 6.07) is 8.35. The molecule has 104 valence electrons. The summed E-state index contributed by atoms with van der Waals surface area (Å²) in [6.07, 6.45) is 0. The number of allylic oxidation sites excluding steroid dienone is 2. The number of hydrazine groups is 1. The molecule has 1 aromatic carbocycles. The number of hydrogen-bond acceptors (Lipinski definition) is 4. The first-order chi connectivity index (χ1) is 9.35. The summed E-state index contributed by atoms with van der Waals surface area (Å²) in [5.74, 6) is -1.84. The minimum Gasteiger partial charge on any atom is -0.293 e. The summed E-state index contributed by atoms with van der Waals surface area (Å²) in [7, 11) is 0. The van der Waals surface area contributed by atoms with Crippen LogP contribution in [0.3, 0.4) is 0 Å². The number of benzene rings is 1. The van der Waals surface area contributed by atoms with Gasteiger partial charge in [-0.1, -0.05) is 29.8 Å². The van der Waals surface area contributed by atoms with E-state index in [4.69, 9.17) is 23.2 Å². The van der Waals surface area contributed by atoms with E-state index in [0.717, 1.165) is 0 Å². The average Bonchev–Trinajstić information content (AvgIpc) is 2.59. The Bertz CT molecular complexity index is 624. The van der Waals surface area contributed by atoms with Crippen LogP contribution in [0.2, 0.25) is 0 Å². The topological polar surface area (TPSA) is 75.3 Å². The van der Waals surface area contributed by atoms with Gasteiger partial charge in [0.1, 0.15) is 10.7 Å². The van der Waals surface area contributed by atoms with Gasteiger partial charge in [-0.25, -0.2) is 0 Å². The van der Waals surface area contributed by atoms with Crippen molar-refractivity contribution in [3.8, 4) is 0 Å². The maximum absolute atomic E-state index is 11.9. The molecule has 1 aliphatic carbocycles. The van der Waals surface area contributed by atoms with Crippen LogP contribution in [0.15, 0.2) is 41.1 Å². The van der Waals surface area contributed by atoms with Crippen molar-refractivity contribution in [2.45, 2.75) is 11.8 Å². The second-order valence-electron chi connectivity index (χ2n) is 4.30. The predicted molar refractivity (Wildman–Crippen MR) is 74.2 cm³/mol. The molecular formula is C13H10Cl2N2O3. The monoisotopic (exact) mass is 312 g/mol. The molecule has 20 heavy (non-hydrogen) atoms. The smallest absolute Gasteiger partial charge is 0.269 e. The van der Waals surface area contributed by atoms with Crippen LogP contribution in [0.4, 0.5) is 0 Å². The fourth-order valence-corrected chi connectivity index (χ4v) is 2.21. The zero-order valence-corrected chi connectivity index (χ0v) is 11.9. The lowest BCUT2D eigenvalue weighted by molar-refractivity contribution is -0.124. The van der Waals surface area contributed by atoms with Crippen molar-refractivity contribution >= 4 is 40.7 Å². The Morgan fingerprint density at radius 2 is 1.75 bits per heavy atom. The number of alkyl halides is 1. The first-order valence-electron chi connectivity index (χ1n) is 5.65. The summed E-state index contributed by atoms with van der Waals surface area (Å²) in [5.41, 5.74) is 4.84. The van der Waals surface area contributed by atoms with E-state index in [-0.39, 0.29) is 10.7 Å². The minimum absolute atomic E-state index is 0.210. The van der Waals surface area contributed by atoms with Gasteiger partial charge in [0.25, 0.3) is 5.91 Å². The number of ketones is 2. The van der Waals surface area contributed by atoms with Crippen molar-refractivity contribution in [2.24, 2.45) is 0 Å². The highest BCUT2D eigenvalue weighted by Gasteiger charge is 2.50. The SMILES string of the molecule is CC1(Cl)C(=O)C(Cl)=C(NNC(=O)c2ccccc2)C1=O. The molecule has 0 spiro atoms. The molecule has 1 amide bonds. The average molecular weight is 313 g/mol. The number of hydrogen-bond donors (Lipinski definition) is 2. The molecule has 0 aliphatic heterocycles. The van der Waals surface area contributed by atoms with E-state index < -0.39 is 22.3 Å². The van der Waals surface area contributed by atoms with Gasteiger partial charge >= 0.3 is 0 Å². The molecule has 0 aromatic heterocycles. The van der Waals surface area contributed by atoms with E-state index in [1.54, 1.807) is 30.3 Å². The molecule has 0 saturated heterocycles. The van der Waals surface area contributed by atoms with Gasteiger partial charge in [0, 0.05) is 5.56 Å². The number of halogens is 2. The molecule has 0 bridgehead atoms. The van der Waals surface area contributed by atoms with Gasteiger partial charge in [-0.05, 0) is 19.1 Å². The largest absolute Gasteiger partial charge is 0.293 e. The summed E-state index contributed by atoms with van der Waals surface area (Å²) < 4.78 is 0. The minimum atomic E-state index is -1.73. The molecule has 2 N–H and O–H groups in total. The molecule has 1 atom stereocenters. The van der Waals surface area contributed by atoms with Crippen LogP contribution in [0.5, 0.6) is 0 Å². The summed E-state index contributed by atoms with van der Waals surface area (Å²) in [4.78, 5) is 33.6. The Hall–Kier alpha value is -1.85. The molecule has 0 radical (unpaired) electrons. The molecule has 1 unspecified atom stereocenters. The van der Waals surface area contributed by atoms with Crippen LogP contribution in [-0.2, 0) is 9.59 Å². The second kappa shape index (κ2) is 5.26. The second-order valence-corrected chi connectivity index (χ2v) is 5.43. The molecule has 0 saturated carbocycles. The highest BCUT2D eigenvalue weighted by Crippen LogP contribution is 2.33. The molecular weight excluding hydrogens is 303 g/mol. The van der Waals surface area contributed by atoms with E-state index in [9.17, 15) is 14.4 Å². The number of amides is 1. The molecule has 5 nitrogen and oxygen atoms in total. The maximum atomic E-state index is 11.9. The predicted octanol–water partition coefficient (Wildman–Crippen LogP) is 1.52. The van der Waals surface area contributed by atoms with E-state index in [1.165, 1.54) is 6.92 Å². The lowest BCUT2D eigenvalue weighted by Gasteiger charge is -2.12. The van der Waals surface area contributed by atoms with E-state index >= 15 is 0 Å². The summed E-state index contributed by atoms with van der Waals surface area (Å²) in [6.45, 7) is 1.26. The number of nitrogens with one attached hydrogen (secondary N) is 2. The van der Waals surface area contributed by atoms with Crippen LogP contribution in [-0.4, -0.2) is 22.3 Å². The molecule has 1 aromatic rings. The third-order valence-electron chi connectivity index (χ3n) is 2.84. The van der Waals surface area contributed by atoms with Gasteiger partial charge in [-0.15, -0.1) is 11.6 Å². The third-order valence-corrected chi connectivity index (χ3v) is 3.54. The fraction of sp³-hybridized carbons (Fsp3) is 0.154. The van der Waals surface area contributed by atoms with E-state index in [1.807, 2.05) is 0 Å². The molecule has 0 heterocycles. The zero-order chi connectivity index (χ0) is 14.9. The van der Waals surface area contributed by atoms with Crippen molar-refractivity contribution in [1.29, 1.82) is 0 Å².